The molecule has 0 unspecified atom stereocenters. The van der Waals surface area contributed by atoms with Gasteiger partial charge in [0.2, 0.25) is 0 Å². The van der Waals surface area contributed by atoms with E-state index in [-0.39, 0.29) is 0 Å². The summed E-state index contributed by atoms with van der Waals surface area (Å²) in [7, 11) is 2.07. The molecule has 0 aromatic heterocycles. The van der Waals surface area contributed by atoms with Gasteiger partial charge in [-0.15, -0.1) is 12.3 Å². The van der Waals surface area contributed by atoms with Gasteiger partial charge in [-0.1, -0.05) is 18.2 Å². The third-order valence-corrected chi connectivity index (χ3v) is 3.44. The Hall–Kier alpha value is -1.37. The van der Waals surface area contributed by atoms with E-state index < -0.39 is 0 Å². The fraction of sp³-hybridized carbons (Fsp3) is 0.231. The highest BCUT2D eigenvalue weighted by Crippen LogP contribution is 2.26. The van der Waals surface area contributed by atoms with Gasteiger partial charge in [-0.2, -0.15) is 0 Å². The highest BCUT2D eigenvalue weighted by molar-refractivity contribution is 7.97. The zero-order valence-electron chi connectivity index (χ0n) is 9.26. The molecular weight excluding hydrogens is 216 g/mol. The normalized spacial score (nSPS) is 15.4. The van der Waals surface area contributed by atoms with Crippen LogP contribution < -0.4 is 0 Å². The van der Waals surface area contributed by atoms with Gasteiger partial charge in [0.25, 0.3) is 0 Å². The third-order valence-electron chi connectivity index (χ3n) is 2.37. The molecule has 16 heavy (non-hydrogen) atoms. The van der Waals surface area contributed by atoms with Gasteiger partial charge in [0.05, 0.1) is 0 Å². The largest absolute Gasteiger partial charge is 0.251 e. The average Bonchev–Trinajstić information content (AvgIpc) is 2.68. The highest BCUT2D eigenvalue weighted by Gasteiger charge is 2.12. The maximum Gasteiger partial charge on any atom is 0.0386 e. The van der Waals surface area contributed by atoms with Crippen LogP contribution in [0, 0.1) is 12.3 Å². The molecule has 0 spiro atoms. The molecule has 82 valence electrons. The lowest BCUT2D eigenvalue weighted by molar-refractivity contribution is 0.201. The fourth-order valence-corrected chi connectivity index (χ4v) is 2.31. The molecule has 2 rings (SSSR count). The first-order chi connectivity index (χ1) is 7.79. The van der Waals surface area contributed by atoms with E-state index in [4.69, 9.17) is 6.42 Å². The first-order valence-electron chi connectivity index (χ1n) is 5.17. The van der Waals surface area contributed by atoms with Crippen molar-refractivity contribution in [1.29, 1.82) is 0 Å². The van der Waals surface area contributed by atoms with Crippen LogP contribution in [0.3, 0.4) is 0 Å². The number of hydrogen-bond acceptors (Lipinski definition) is 3. The Morgan fingerprint density at radius 3 is 2.69 bits per heavy atom. The van der Waals surface area contributed by atoms with Gasteiger partial charge in [0, 0.05) is 43.1 Å². The summed E-state index contributed by atoms with van der Waals surface area (Å²) in [5, 5.41) is 2.15. The predicted octanol–water partition coefficient (Wildman–Crippen LogP) is 2.55. The van der Waals surface area contributed by atoms with Crippen molar-refractivity contribution < 1.29 is 0 Å². The number of nitrogens with zero attached hydrogens (tertiary/aromatic N) is 2. The number of terminal acetylenes is 1. The van der Waals surface area contributed by atoms with Crippen molar-refractivity contribution in [3.63, 3.8) is 0 Å². The monoisotopic (exact) mass is 230 g/mol. The molecule has 0 atom stereocenters. The molecule has 1 aromatic carbocycles. The summed E-state index contributed by atoms with van der Waals surface area (Å²) < 4.78 is 2.12. The van der Waals surface area contributed by atoms with Crippen molar-refractivity contribution in [2.75, 3.05) is 13.6 Å². The Balaban J connectivity index is 2.00. The maximum atomic E-state index is 5.27. The van der Waals surface area contributed by atoms with E-state index >= 15 is 0 Å². The second kappa shape index (κ2) is 5.11. The van der Waals surface area contributed by atoms with Crippen LogP contribution in [-0.4, -0.2) is 23.0 Å². The van der Waals surface area contributed by atoms with Crippen molar-refractivity contribution in [3.8, 4) is 12.3 Å². The van der Waals surface area contributed by atoms with Gasteiger partial charge in [-0.25, -0.2) is 5.01 Å². The molecule has 1 aliphatic heterocycles. The first-order valence-corrected chi connectivity index (χ1v) is 5.94. The van der Waals surface area contributed by atoms with Crippen LogP contribution in [0.1, 0.15) is 5.56 Å². The second-order valence-corrected chi connectivity index (χ2v) is 4.67. The van der Waals surface area contributed by atoms with E-state index in [0.29, 0.717) is 6.42 Å². The van der Waals surface area contributed by atoms with Crippen molar-refractivity contribution >= 4 is 11.9 Å². The average molecular weight is 230 g/mol. The van der Waals surface area contributed by atoms with Gasteiger partial charge in [0.15, 0.2) is 0 Å². The van der Waals surface area contributed by atoms with E-state index in [9.17, 15) is 0 Å². The van der Waals surface area contributed by atoms with Crippen LogP contribution in [-0.2, 0) is 6.42 Å². The summed E-state index contributed by atoms with van der Waals surface area (Å²) in [5.41, 5.74) is 1.19. The van der Waals surface area contributed by atoms with Crippen LogP contribution >= 0.6 is 11.9 Å². The smallest absolute Gasteiger partial charge is 0.0386 e. The van der Waals surface area contributed by atoms with Crippen molar-refractivity contribution in [1.82, 2.24) is 9.42 Å². The number of benzene rings is 1. The molecule has 0 N–H and O–H groups in total. The quantitative estimate of drug-likeness (QED) is 0.582. The van der Waals surface area contributed by atoms with E-state index in [1.165, 1.54) is 10.5 Å². The molecule has 0 saturated heterocycles. The third kappa shape index (κ3) is 2.60. The van der Waals surface area contributed by atoms with Gasteiger partial charge in [-0.05, 0) is 17.7 Å². The lowest BCUT2D eigenvalue weighted by Crippen LogP contribution is -2.25. The molecule has 1 aliphatic rings. The molecule has 0 radical (unpaired) electrons. The molecule has 0 fully saturated rings. The first kappa shape index (κ1) is 11.1. The molecule has 0 aliphatic carbocycles. The van der Waals surface area contributed by atoms with E-state index in [0.717, 1.165) is 6.54 Å². The standard InChI is InChI=1S/C13H14N2S/c1-3-5-12-6-8-13(9-7-12)16-15-11-4-10-14(15)2/h1,4,6-9,11H,5,10H2,2H3. The zero-order chi connectivity index (χ0) is 11.4. The van der Waals surface area contributed by atoms with E-state index in [1.807, 2.05) is 0 Å². The zero-order valence-corrected chi connectivity index (χ0v) is 10.1. The summed E-state index contributed by atoms with van der Waals surface area (Å²) in [6.07, 6.45) is 10.2. The van der Waals surface area contributed by atoms with Crippen molar-refractivity contribution in [2.45, 2.75) is 11.3 Å². The van der Waals surface area contributed by atoms with E-state index in [2.05, 4.69) is 58.9 Å². The topological polar surface area (TPSA) is 6.48 Å². The lowest BCUT2D eigenvalue weighted by atomic mass is 10.2. The van der Waals surface area contributed by atoms with Crippen LogP contribution in [0.4, 0.5) is 0 Å². The fourth-order valence-electron chi connectivity index (χ4n) is 1.48. The van der Waals surface area contributed by atoms with Gasteiger partial charge in [-0.3, -0.25) is 4.41 Å². The van der Waals surface area contributed by atoms with Crippen LogP contribution in [0.15, 0.2) is 41.4 Å². The van der Waals surface area contributed by atoms with Crippen LogP contribution in [0.5, 0.6) is 0 Å². The van der Waals surface area contributed by atoms with Crippen LogP contribution in [0.2, 0.25) is 0 Å². The minimum Gasteiger partial charge on any atom is -0.251 e. The summed E-state index contributed by atoms with van der Waals surface area (Å²) >= 11 is 1.71. The lowest BCUT2D eigenvalue weighted by Gasteiger charge is -2.23. The Morgan fingerprint density at radius 1 is 1.38 bits per heavy atom. The molecule has 0 saturated carbocycles. The van der Waals surface area contributed by atoms with Crippen molar-refractivity contribution in [2.24, 2.45) is 0 Å². The minimum atomic E-state index is 0.703. The number of hydrogen-bond donors (Lipinski definition) is 0. The Labute approximate surface area is 101 Å². The number of hydrazine groups is 1. The van der Waals surface area contributed by atoms with Crippen molar-refractivity contribution in [3.05, 3.63) is 42.1 Å². The second-order valence-electron chi connectivity index (χ2n) is 3.64. The SMILES string of the molecule is C#CCc1ccc(SN2C=CCN2C)cc1. The Bertz CT molecular complexity index is 417. The molecule has 0 bridgehead atoms. The molecule has 2 nitrogen and oxygen atoms in total. The summed E-state index contributed by atoms with van der Waals surface area (Å²) in [4.78, 5) is 1.22. The van der Waals surface area contributed by atoms with Gasteiger partial charge >= 0.3 is 0 Å². The summed E-state index contributed by atoms with van der Waals surface area (Å²) in [5.74, 6) is 2.65. The van der Waals surface area contributed by atoms with Gasteiger partial charge in [0.1, 0.15) is 0 Å². The Morgan fingerprint density at radius 2 is 2.12 bits per heavy atom. The summed E-state index contributed by atoms with van der Waals surface area (Å²) in [6, 6.07) is 8.39. The molecular formula is C13H14N2S. The minimum absolute atomic E-state index is 0.703. The number of rotatable bonds is 3. The highest BCUT2D eigenvalue weighted by atomic mass is 32.2. The van der Waals surface area contributed by atoms with E-state index in [1.54, 1.807) is 11.9 Å². The summed E-state index contributed by atoms with van der Waals surface area (Å²) in [6.45, 7) is 0.974. The Kier molecular flexibility index (Phi) is 3.55. The number of likely N-dealkylation sites (N-methyl/N-ethyl adjacent to an activating group) is 1. The predicted molar refractivity (Wildman–Crippen MR) is 68.4 cm³/mol. The van der Waals surface area contributed by atoms with Crippen LogP contribution in [0.25, 0.3) is 0 Å². The van der Waals surface area contributed by atoms with Gasteiger partial charge < -0.3 is 0 Å². The molecule has 1 aromatic rings. The molecule has 0 amide bonds. The molecule has 3 heteroatoms. The maximum absolute atomic E-state index is 5.27. The molecule has 1 heterocycles.